The lowest BCUT2D eigenvalue weighted by Gasteiger charge is -2.13. The smallest absolute Gasteiger partial charge is 0.126 e. The van der Waals surface area contributed by atoms with Crippen LogP contribution in [0.3, 0.4) is 0 Å². The zero-order valence-corrected chi connectivity index (χ0v) is 13.6. The van der Waals surface area contributed by atoms with Crippen molar-refractivity contribution in [2.24, 2.45) is 5.92 Å². The van der Waals surface area contributed by atoms with Crippen molar-refractivity contribution < 1.29 is 8.78 Å². The lowest BCUT2D eigenvalue weighted by Crippen LogP contribution is -2.02. The van der Waals surface area contributed by atoms with E-state index in [1.54, 1.807) is 12.1 Å². The molecule has 2 aromatic rings. The maximum absolute atomic E-state index is 13.8. The summed E-state index contributed by atoms with van der Waals surface area (Å²) >= 11 is 0. The van der Waals surface area contributed by atoms with Crippen LogP contribution >= 0.6 is 0 Å². The van der Waals surface area contributed by atoms with Gasteiger partial charge in [-0.15, -0.1) is 0 Å². The molecule has 0 N–H and O–H groups in total. The van der Waals surface area contributed by atoms with Gasteiger partial charge in [0.1, 0.15) is 11.6 Å². The lowest BCUT2D eigenvalue weighted by molar-refractivity contribution is 0.485. The Hall–Kier alpha value is -1.70. The summed E-state index contributed by atoms with van der Waals surface area (Å²) < 4.78 is 26.9. The van der Waals surface area contributed by atoms with Crippen LogP contribution < -0.4 is 0 Å². The lowest BCUT2D eigenvalue weighted by atomic mass is 9.93. The summed E-state index contributed by atoms with van der Waals surface area (Å²) in [7, 11) is 0. The molecule has 2 heteroatoms. The molecule has 0 radical (unpaired) electrons. The van der Waals surface area contributed by atoms with Crippen molar-refractivity contribution in [3.8, 4) is 0 Å². The van der Waals surface area contributed by atoms with Crippen LogP contribution in [0.2, 0.25) is 0 Å². The van der Waals surface area contributed by atoms with Gasteiger partial charge in [-0.05, 0) is 85.9 Å². The second-order valence-corrected chi connectivity index (χ2v) is 6.35. The molecule has 0 aromatic heterocycles. The van der Waals surface area contributed by atoms with Gasteiger partial charge in [0.2, 0.25) is 0 Å². The molecular formula is C20H24F2. The molecule has 1 unspecified atom stereocenters. The Labute approximate surface area is 132 Å². The Balaban J connectivity index is 1.84. The van der Waals surface area contributed by atoms with E-state index in [0.29, 0.717) is 5.92 Å². The molecule has 0 spiro atoms. The van der Waals surface area contributed by atoms with Crippen LogP contribution in [0.1, 0.15) is 42.0 Å². The standard InChI is InChI=1S/C20H24F2/c1-14(4-7-17-10-11-19(21)13-16(17)3)5-8-18-9-6-15(2)12-20(18)22/h6,9-14H,4-5,7-8H2,1-3H3. The Morgan fingerprint density at radius 3 is 2.14 bits per heavy atom. The second-order valence-electron chi connectivity index (χ2n) is 6.35. The van der Waals surface area contributed by atoms with Crippen LogP contribution in [0, 0.1) is 31.4 Å². The third kappa shape index (κ3) is 4.66. The fourth-order valence-corrected chi connectivity index (χ4v) is 2.74. The average molecular weight is 302 g/mol. The Kier molecular flexibility index (Phi) is 5.70. The molecule has 0 nitrogen and oxygen atoms in total. The van der Waals surface area contributed by atoms with E-state index in [4.69, 9.17) is 0 Å². The third-order valence-electron chi connectivity index (χ3n) is 4.33. The predicted molar refractivity (Wildman–Crippen MR) is 88.1 cm³/mol. The van der Waals surface area contributed by atoms with Gasteiger partial charge in [-0.25, -0.2) is 8.78 Å². The number of hydrogen-bond donors (Lipinski definition) is 0. The summed E-state index contributed by atoms with van der Waals surface area (Å²) in [6, 6.07) is 10.4. The first-order valence-electron chi connectivity index (χ1n) is 7.95. The maximum atomic E-state index is 13.8. The van der Waals surface area contributed by atoms with Crippen LogP contribution in [0.5, 0.6) is 0 Å². The van der Waals surface area contributed by atoms with Gasteiger partial charge < -0.3 is 0 Å². The Morgan fingerprint density at radius 2 is 1.50 bits per heavy atom. The molecule has 0 bridgehead atoms. The molecule has 0 saturated heterocycles. The van der Waals surface area contributed by atoms with Gasteiger partial charge in [0.25, 0.3) is 0 Å². The molecule has 118 valence electrons. The largest absolute Gasteiger partial charge is 0.207 e. The summed E-state index contributed by atoms with van der Waals surface area (Å²) in [6.07, 6.45) is 3.74. The zero-order chi connectivity index (χ0) is 16.1. The number of halogens is 2. The molecule has 22 heavy (non-hydrogen) atoms. The topological polar surface area (TPSA) is 0 Å². The Morgan fingerprint density at radius 1 is 0.864 bits per heavy atom. The average Bonchev–Trinajstić information content (AvgIpc) is 2.45. The molecule has 2 aromatic carbocycles. The van der Waals surface area contributed by atoms with Gasteiger partial charge in [-0.2, -0.15) is 0 Å². The van der Waals surface area contributed by atoms with E-state index in [1.165, 1.54) is 11.6 Å². The molecule has 2 rings (SSSR count). The quantitative estimate of drug-likeness (QED) is 0.634. The van der Waals surface area contributed by atoms with Crippen LogP contribution in [0.25, 0.3) is 0 Å². The fraction of sp³-hybridized carbons (Fsp3) is 0.400. The van der Waals surface area contributed by atoms with E-state index >= 15 is 0 Å². The van der Waals surface area contributed by atoms with Crippen molar-refractivity contribution in [1.29, 1.82) is 0 Å². The maximum Gasteiger partial charge on any atom is 0.126 e. The van der Waals surface area contributed by atoms with Crippen molar-refractivity contribution in [1.82, 2.24) is 0 Å². The highest BCUT2D eigenvalue weighted by molar-refractivity contribution is 5.26. The highest BCUT2D eigenvalue weighted by Crippen LogP contribution is 2.20. The number of aryl methyl sites for hydroxylation is 4. The van der Waals surface area contributed by atoms with E-state index in [1.807, 2.05) is 32.0 Å². The molecule has 0 aliphatic heterocycles. The second kappa shape index (κ2) is 7.53. The molecule has 1 atom stereocenters. The first kappa shape index (κ1) is 16.7. The minimum absolute atomic E-state index is 0.0958. The van der Waals surface area contributed by atoms with E-state index in [-0.39, 0.29) is 11.6 Å². The Bertz CT molecular complexity index is 576. The molecule has 0 amide bonds. The fourth-order valence-electron chi connectivity index (χ4n) is 2.74. The first-order valence-corrected chi connectivity index (χ1v) is 7.95. The van der Waals surface area contributed by atoms with Crippen molar-refractivity contribution in [3.63, 3.8) is 0 Å². The summed E-state index contributed by atoms with van der Waals surface area (Å²) in [5.74, 6) is 0.246. The van der Waals surface area contributed by atoms with Crippen molar-refractivity contribution >= 4 is 0 Å². The van der Waals surface area contributed by atoms with E-state index in [0.717, 1.165) is 42.4 Å². The van der Waals surface area contributed by atoms with E-state index in [2.05, 4.69) is 6.92 Å². The van der Waals surface area contributed by atoms with Gasteiger partial charge in [0.05, 0.1) is 0 Å². The van der Waals surface area contributed by atoms with Crippen LogP contribution in [-0.4, -0.2) is 0 Å². The number of rotatable bonds is 6. The van der Waals surface area contributed by atoms with Gasteiger partial charge in [0.15, 0.2) is 0 Å². The van der Waals surface area contributed by atoms with E-state index in [9.17, 15) is 8.78 Å². The first-order chi connectivity index (χ1) is 10.5. The van der Waals surface area contributed by atoms with Crippen molar-refractivity contribution in [2.75, 3.05) is 0 Å². The number of hydrogen-bond acceptors (Lipinski definition) is 0. The van der Waals surface area contributed by atoms with Gasteiger partial charge in [-0.1, -0.05) is 25.1 Å². The van der Waals surface area contributed by atoms with Crippen molar-refractivity contribution in [2.45, 2.75) is 46.5 Å². The number of benzene rings is 2. The van der Waals surface area contributed by atoms with Gasteiger partial charge in [-0.3, -0.25) is 0 Å². The highest BCUT2D eigenvalue weighted by atomic mass is 19.1. The van der Waals surface area contributed by atoms with Crippen LogP contribution in [0.4, 0.5) is 8.78 Å². The third-order valence-corrected chi connectivity index (χ3v) is 4.33. The predicted octanol–water partition coefficient (Wildman–Crippen LogP) is 5.78. The molecule has 0 heterocycles. The molecule has 0 fully saturated rings. The minimum atomic E-state index is -0.177. The molecule has 0 saturated carbocycles. The summed E-state index contributed by atoms with van der Waals surface area (Å²) in [5.41, 5.74) is 3.98. The van der Waals surface area contributed by atoms with Crippen LogP contribution in [0.15, 0.2) is 36.4 Å². The van der Waals surface area contributed by atoms with Gasteiger partial charge in [0, 0.05) is 0 Å². The summed E-state index contributed by atoms with van der Waals surface area (Å²) in [4.78, 5) is 0. The van der Waals surface area contributed by atoms with E-state index < -0.39 is 0 Å². The molecular weight excluding hydrogens is 278 g/mol. The summed E-state index contributed by atoms with van der Waals surface area (Å²) in [5, 5.41) is 0. The zero-order valence-electron chi connectivity index (χ0n) is 13.6. The molecule has 0 aliphatic rings. The van der Waals surface area contributed by atoms with Crippen LogP contribution in [-0.2, 0) is 12.8 Å². The summed E-state index contributed by atoms with van der Waals surface area (Å²) in [6.45, 7) is 6.05. The van der Waals surface area contributed by atoms with Gasteiger partial charge >= 0.3 is 0 Å². The normalized spacial score (nSPS) is 12.4. The molecule has 0 aliphatic carbocycles. The monoisotopic (exact) mass is 302 g/mol. The SMILES string of the molecule is Cc1ccc(CCC(C)CCc2ccc(F)cc2C)c(F)c1. The van der Waals surface area contributed by atoms with Crippen molar-refractivity contribution in [3.05, 3.63) is 70.3 Å². The minimum Gasteiger partial charge on any atom is -0.207 e. The highest BCUT2D eigenvalue weighted by Gasteiger charge is 2.08.